The second-order valence-electron chi connectivity index (χ2n) is 3.91. The molecule has 15 heavy (non-hydrogen) atoms. The van der Waals surface area contributed by atoms with E-state index in [1.807, 2.05) is 27.7 Å². The Bertz CT molecular complexity index is 360. The minimum atomic E-state index is -0.466. The summed E-state index contributed by atoms with van der Waals surface area (Å²) in [5.41, 5.74) is 6.59. The topological polar surface area (TPSA) is 68.0 Å². The summed E-state index contributed by atoms with van der Waals surface area (Å²) in [6, 6.07) is -0.466. The Morgan fingerprint density at radius 2 is 2.07 bits per heavy atom. The molecule has 1 rings (SSSR count). The van der Waals surface area contributed by atoms with Crippen LogP contribution in [0.1, 0.15) is 24.5 Å². The summed E-state index contributed by atoms with van der Waals surface area (Å²) in [4.78, 5) is 15.9. The first-order valence-corrected chi connectivity index (χ1v) is 5.74. The summed E-state index contributed by atoms with van der Waals surface area (Å²) in [7, 11) is 0. The fraction of sp³-hybridized carbons (Fsp3) is 0.600. The van der Waals surface area contributed by atoms with E-state index in [0.29, 0.717) is 0 Å². The Kier molecular flexibility index (Phi) is 3.82. The van der Waals surface area contributed by atoms with Gasteiger partial charge in [0.15, 0.2) is 0 Å². The van der Waals surface area contributed by atoms with Crippen molar-refractivity contribution in [3.05, 3.63) is 10.7 Å². The monoisotopic (exact) mass is 227 g/mol. The standard InChI is InChI=1S/C10H17N3OS/c1-5(2)8(11)9(14)13-10-6(3)12-7(4)15-10/h5,8H,11H2,1-4H3,(H,13,14). The predicted octanol–water partition coefficient (Wildman–Crippen LogP) is 1.68. The van der Waals surface area contributed by atoms with Gasteiger partial charge < -0.3 is 11.1 Å². The molecule has 0 fully saturated rings. The fourth-order valence-electron chi connectivity index (χ4n) is 1.15. The van der Waals surface area contributed by atoms with E-state index in [0.717, 1.165) is 15.7 Å². The van der Waals surface area contributed by atoms with E-state index < -0.39 is 6.04 Å². The van der Waals surface area contributed by atoms with Gasteiger partial charge in [0.25, 0.3) is 0 Å². The third-order valence-electron chi connectivity index (χ3n) is 2.16. The molecule has 0 spiro atoms. The highest BCUT2D eigenvalue weighted by Gasteiger charge is 2.18. The van der Waals surface area contributed by atoms with Gasteiger partial charge in [0.05, 0.1) is 16.7 Å². The van der Waals surface area contributed by atoms with Crippen molar-refractivity contribution >= 4 is 22.2 Å². The lowest BCUT2D eigenvalue weighted by atomic mass is 10.1. The number of aromatic nitrogens is 1. The molecule has 0 aliphatic carbocycles. The van der Waals surface area contributed by atoms with E-state index in [1.165, 1.54) is 11.3 Å². The molecule has 84 valence electrons. The maximum Gasteiger partial charge on any atom is 0.242 e. The summed E-state index contributed by atoms with van der Waals surface area (Å²) in [5, 5.41) is 4.55. The highest BCUT2D eigenvalue weighted by molar-refractivity contribution is 7.16. The first kappa shape index (κ1) is 12.1. The van der Waals surface area contributed by atoms with Crippen LogP contribution in [0, 0.1) is 19.8 Å². The van der Waals surface area contributed by atoms with Gasteiger partial charge in [-0.3, -0.25) is 4.79 Å². The molecule has 1 aromatic rings. The molecule has 0 bridgehead atoms. The van der Waals surface area contributed by atoms with Crippen LogP contribution in [0.15, 0.2) is 0 Å². The SMILES string of the molecule is Cc1nc(C)c(NC(=O)C(N)C(C)C)s1. The van der Waals surface area contributed by atoms with Gasteiger partial charge in [0.1, 0.15) is 5.00 Å². The first-order chi connectivity index (χ1) is 6.91. The maximum absolute atomic E-state index is 11.7. The van der Waals surface area contributed by atoms with Crippen LogP contribution in [0.5, 0.6) is 0 Å². The van der Waals surface area contributed by atoms with Crippen molar-refractivity contribution in [1.82, 2.24) is 4.98 Å². The highest BCUT2D eigenvalue weighted by atomic mass is 32.1. The molecule has 5 heteroatoms. The second kappa shape index (κ2) is 4.72. The summed E-state index contributed by atoms with van der Waals surface area (Å²) >= 11 is 1.47. The summed E-state index contributed by atoms with van der Waals surface area (Å²) in [6.07, 6.45) is 0. The number of carbonyl (C=O) groups is 1. The van der Waals surface area contributed by atoms with Gasteiger partial charge in [0, 0.05) is 0 Å². The molecule has 0 saturated carbocycles. The van der Waals surface area contributed by atoms with E-state index in [-0.39, 0.29) is 11.8 Å². The average Bonchev–Trinajstić information content (AvgIpc) is 2.43. The molecular formula is C10H17N3OS. The molecule has 0 aliphatic rings. The van der Waals surface area contributed by atoms with Gasteiger partial charge in [-0.25, -0.2) is 4.98 Å². The van der Waals surface area contributed by atoms with Crippen molar-refractivity contribution in [3.8, 4) is 0 Å². The van der Waals surface area contributed by atoms with Gasteiger partial charge in [-0.1, -0.05) is 13.8 Å². The van der Waals surface area contributed by atoms with Gasteiger partial charge in [-0.15, -0.1) is 11.3 Å². The Morgan fingerprint density at radius 3 is 2.47 bits per heavy atom. The molecule has 0 aliphatic heterocycles. The Labute approximate surface area is 93.9 Å². The van der Waals surface area contributed by atoms with Crippen LogP contribution in [-0.2, 0) is 4.79 Å². The number of carbonyl (C=O) groups excluding carboxylic acids is 1. The second-order valence-corrected chi connectivity index (χ2v) is 5.11. The Hall–Kier alpha value is -0.940. The number of nitrogens with zero attached hydrogens (tertiary/aromatic N) is 1. The maximum atomic E-state index is 11.7. The third kappa shape index (κ3) is 3.00. The number of rotatable bonds is 3. The van der Waals surface area contributed by atoms with Crippen LogP contribution >= 0.6 is 11.3 Å². The summed E-state index contributed by atoms with van der Waals surface area (Å²) < 4.78 is 0. The number of nitrogens with one attached hydrogen (secondary N) is 1. The minimum absolute atomic E-state index is 0.138. The zero-order chi connectivity index (χ0) is 11.6. The van der Waals surface area contributed by atoms with Crippen molar-refractivity contribution in [2.75, 3.05) is 5.32 Å². The highest BCUT2D eigenvalue weighted by Crippen LogP contribution is 2.23. The zero-order valence-corrected chi connectivity index (χ0v) is 10.3. The number of thiazole rings is 1. The molecule has 1 unspecified atom stereocenters. The van der Waals surface area contributed by atoms with Gasteiger partial charge in [-0.05, 0) is 19.8 Å². The zero-order valence-electron chi connectivity index (χ0n) is 9.50. The quantitative estimate of drug-likeness (QED) is 0.825. The number of amides is 1. The first-order valence-electron chi connectivity index (χ1n) is 4.92. The largest absolute Gasteiger partial charge is 0.320 e. The van der Waals surface area contributed by atoms with Crippen LogP contribution in [0.3, 0.4) is 0 Å². The normalized spacial score (nSPS) is 12.9. The number of hydrogen-bond acceptors (Lipinski definition) is 4. The van der Waals surface area contributed by atoms with Gasteiger partial charge in [-0.2, -0.15) is 0 Å². The van der Waals surface area contributed by atoms with Crippen molar-refractivity contribution in [1.29, 1.82) is 0 Å². The number of aryl methyl sites for hydroxylation is 2. The van der Waals surface area contributed by atoms with Gasteiger partial charge in [0.2, 0.25) is 5.91 Å². The Balaban J connectivity index is 2.70. The molecular weight excluding hydrogens is 210 g/mol. The van der Waals surface area contributed by atoms with Crippen molar-refractivity contribution in [3.63, 3.8) is 0 Å². The summed E-state index contributed by atoms with van der Waals surface area (Å²) in [6.45, 7) is 7.64. The molecule has 0 aromatic carbocycles. The molecule has 3 N–H and O–H groups in total. The molecule has 1 amide bonds. The van der Waals surface area contributed by atoms with Crippen LogP contribution in [-0.4, -0.2) is 16.9 Å². The fourth-order valence-corrected chi connectivity index (χ4v) is 1.97. The van der Waals surface area contributed by atoms with Crippen molar-refractivity contribution in [2.45, 2.75) is 33.7 Å². The van der Waals surface area contributed by atoms with Crippen LogP contribution in [0.2, 0.25) is 0 Å². The van der Waals surface area contributed by atoms with E-state index in [9.17, 15) is 4.79 Å². The smallest absolute Gasteiger partial charge is 0.242 e. The summed E-state index contributed by atoms with van der Waals surface area (Å²) in [5.74, 6) is -0.00363. The van der Waals surface area contributed by atoms with E-state index in [2.05, 4.69) is 10.3 Å². The molecule has 1 heterocycles. The van der Waals surface area contributed by atoms with E-state index in [1.54, 1.807) is 0 Å². The lowest BCUT2D eigenvalue weighted by Crippen LogP contribution is -2.39. The minimum Gasteiger partial charge on any atom is -0.320 e. The third-order valence-corrected chi connectivity index (χ3v) is 3.15. The molecule has 1 aromatic heterocycles. The average molecular weight is 227 g/mol. The molecule has 4 nitrogen and oxygen atoms in total. The number of hydrogen-bond donors (Lipinski definition) is 2. The van der Waals surface area contributed by atoms with Crippen LogP contribution in [0.25, 0.3) is 0 Å². The molecule has 0 saturated heterocycles. The predicted molar refractivity (Wildman–Crippen MR) is 63.0 cm³/mol. The van der Waals surface area contributed by atoms with E-state index >= 15 is 0 Å². The molecule has 1 atom stereocenters. The lowest BCUT2D eigenvalue weighted by molar-refractivity contribution is -0.118. The number of anilines is 1. The molecule has 0 radical (unpaired) electrons. The Morgan fingerprint density at radius 1 is 1.47 bits per heavy atom. The van der Waals surface area contributed by atoms with Gasteiger partial charge >= 0.3 is 0 Å². The van der Waals surface area contributed by atoms with Crippen LogP contribution < -0.4 is 11.1 Å². The lowest BCUT2D eigenvalue weighted by Gasteiger charge is -2.14. The van der Waals surface area contributed by atoms with Crippen molar-refractivity contribution < 1.29 is 4.79 Å². The van der Waals surface area contributed by atoms with E-state index in [4.69, 9.17) is 5.73 Å². The number of nitrogens with two attached hydrogens (primary N) is 1. The van der Waals surface area contributed by atoms with Crippen molar-refractivity contribution in [2.24, 2.45) is 11.7 Å². The van der Waals surface area contributed by atoms with Crippen LogP contribution in [0.4, 0.5) is 5.00 Å².